The Bertz CT molecular complexity index is 883. The van der Waals surface area contributed by atoms with Gasteiger partial charge in [0.1, 0.15) is 12.3 Å². The molecule has 0 amide bonds. The molecule has 1 aliphatic rings. The minimum Gasteiger partial charge on any atom is -0.474 e. The number of aliphatic imine (C=N–C) groups is 1. The van der Waals surface area contributed by atoms with Crippen LogP contribution in [0.15, 0.2) is 47.6 Å². The molecule has 0 atom stereocenters. The standard InChI is InChI=1S/C17H15N3O/c1-17(2)10-21-16(20-17)13-8-7-12-6-5-11-4-3-9-18-14(11)15(12)19-13/h3-9H,10H2,1-2H3. The number of benzene rings is 1. The van der Waals surface area contributed by atoms with E-state index in [4.69, 9.17) is 9.72 Å². The Labute approximate surface area is 122 Å². The smallest absolute Gasteiger partial charge is 0.236 e. The second-order valence-corrected chi connectivity index (χ2v) is 5.93. The molecular formula is C17H15N3O. The third kappa shape index (κ3) is 2.03. The average Bonchev–Trinajstić information content (AvgIpc) is 2.87. The minimum atomic E-state index is -0.178. The fraction of sp³-hybridized carbons (Fsp3) is 0.235. The van der Waals surface area contributed by atoms with Crippen molar-refractivity contribution >= 4 is 27.7 Å². The van der Waals surface area contributed by atoms with E-state index in [-0.39, 0.29) is 5.54 Å². The van der Waals surface area contributed by atoms with E-state index >= 15 is 0 Å². The van der Waals surface area contributed by atoms with Crippen LogP contribution in [0.1, 0.15) is 19.5 Å². The molecule has 2 aromatic heterocycles. The summed E-state index contributed by atoms with van der Waals surface area (Å²) >= 11 is 0. The lowest BCUT2D eigenvalue weighted by molar-refractivity contribution is 0.279. The Morgan fingerprint density at radius 1 is 1.00 bits per heavy atom. The van der Waals surface area contributed by atoms with E-state index in [1.807, 2.05) is 24.3 Å². The van der Waals surface area contributed by atoms with Crippen LogP contribution in [0.3, 0.4) is 0 Å². The molecule has 0 N–H and O–H groups in total. The lowest BCUT2D eigenvalue weighted by Gasteiger charge is -2.07. The van der Waals surface area contributed by atoms with Crippen molar-refractivity contribution in [3.05, 3.63) is 48.3 Å². The predicted molar refractivity (Wildman–Crippen MR) is 83.6 cm³/mol. The van der Waals surface area contributed by atoms with Crippen LogP contribution >= 0.6 is 0 Å². The van der Waals surface area contributed by atoms with Gasteiger partial charge in [0.15, 0.2) is 0 Å². The van der Waals surface area contributed by atoms with Crippen LogP contribution in [0.2, 0.25) is 0 Å². The molecule has 0 fully saturated rings. The van der Waals surface area contributed by atoms with Gasteiger partial charge < -0.3 is 4.74 Å². The lowest BCUT2D eigenvalue weighted by atomic mass is 10.1. The van der Waals surface area contributed by atoms with Crippen LogP contribution in [0.5, 0.6) is 0 Å². The number of ether oxygens (including phenoxy) is 1. The molecule has 3 heterocycles. The van der Waals surface area contributed by atoms with Gasteiger partial charge in [-0.05, 0) is 26.0 Å². The van der Waals surface area contributed by atoms with E-state index in [1.54, 1.807) is 6.20 Å². The molecular weight excluding hydrogens is 262 g/mol. The number of aromatic nitrogens is 2. The van der Waals surface area contributed by atoms with Crippen molar-refractivity contribution in [2.75, 3.05) is 6.61 Å². The van der Waals surface area contributed by atoms with E-state index < -0.39 is 0 Å². The molecule has 0 unspecified atom stereocenters. The molecule has 21 heavy (non-hydrogen) atoms. The number of pyridine rings is 2. The van der Waals surface area contributed by atoms with Gasteiger partial charge in [-0.3, -0.25) is 4.98 Å². The molecule has 0 saturated carbocycles. The summed E-state index contributed by atoms with van der Waals surface area (Å²) in [4.78, 5) is 13.8. The first-order chi connectivity index (χ1) is 10.1. The number of fused-ring (bicyclic) bond motifs is 3. The second kappa shape index (κ2) is 4.25. The highest BCUT2D eigenvalue weighted by atomic mass is 16.5. The lowest BCUT2D eigenvalue weighted by Crippen LogP contribution is -2.17. The van der Waals surface area contributed by atoms with Crippen molar-refractivity contribution in [2.24, 2.45) is 4.99 Å². The number of hydrogen-bond donors (Lipinski definition) is 0. The highest BCUT2D eigenvalue weighted by molar-refractivity contribution is 6.04. The molecule has 4 rings (SSSR count). The Morgan fingerprint density at radius 2 is 1.76 bits per heavy atom. The largest absolute Gasteiger partial charge is 0.474 e. The molecule has 1 aromatic carbocycles. The Morgan fingerprint density at radius 3 is 2.52 bits per heavy atom. The summed E-state index contributed by atoms with van der Waals surface area (Å²) in [5.41, 5.74) is 2.39. The van der Waals surface area contributed by atoms with Crippen molar-refractivity contribution in [3.63, 3.8) is 0 Å². The van der Waals surface area contributed by atoms with Gasteiger partial charge in [0.25, 0.3) is 0 Å². The molecule has 1 aliphatic heterocycles. The fourth-order valence-corrected chi connectivity index (χ4v) is 2.56. The summed E-state index contributed by atoms with van der Waals surface area (Å²) in [7, 11) is 0. The summed E-state index contributed by atoms with van der Waals surface area (Å²) in [6.45, 7) is 4.70. The third-order valence-electron chi connectivity index (χ3n) is 3.62. The van der Waals surface area contributed by atoms with E-state index in [2.05, 4.69) is 36.0 Å². The summed E-state index contributed by atoms with van der Waals surface area (Å²) in [5.74, 6) is 0.620. The maximum absolute atomic E-state index is 5.68. The molecule has 0 spiro atoms. The van der Waals surface area contributed by atoms with Crippen LogP contribution < -0.4 is 0 Å². The van der Waals surface area contributed by atoms with Crippen molar-refractivity contribution in [1.82, 2.24) is 9.97 Å². The van der Waals surface area contributed by atoms with Crippen LogP contribution in [-0.4, -0.2) is 28.0 Å². The monoisotopic (exact) mass is 277 g/mol. The van der Waals surface area contributed by atoms with Crippen LogP contribution in [0.25, 0.3) is 21.8 Å². The Balaban J connectivity index is 1.95. The van der Waals surface area contributed by atoms with Gasteiger partial charge in [-0.1, -0.05) is 24.3 Å². The third-order valence-corrected chi connectivity index (χ3v) is 3.62. The van der Waals surface area contributed by atoms with Gasteiger partial charge in [-0.25, -0.2) is 9.98 Å². The highest BCUT2D eigenvalue weighted by Gasteiger charge is 2.27. The molecule has 104 valence electrons. The van der Waals surface area contributed by atoms with E-state index in [1.165, 1.54) is 0 Å². The van der Waals surface area contributed by atoms with Gasteiger partial charge in [0.2, 0.25) is 5.90 Å². The molecule has 0 saturated heterocycles. The zero-order valence-corrected chi connectivity index (χ0v) is 12.0. The Hall–Kier alpha value is -2.49. The normalized spacial score (nSPS) is 17.0. The van der Waals surface area contributed by atoms with E-state index in [0.29, 0.717) is 12.5 Å². The van der Waals surface area contributed by atoms with Gasteiger partial charge in [0.05, 0.1) is 16.6 Å². The van der Waals surface area contributed by atoms with E-state index in [9.17, 15) is 0 Å². The summed E-state index contributed by atoms with van der Waals surface area (Å²) in [5, 5.41) is 2.16. The SMILES string of the molecule is CC1(C)COC(c2ccc3ccc4cccnc4c3n2)=N1. The number of nitrogens with zero attached hydrogens (tertiary/aromatic N) is 3. The van der Waals surface area contributed by atoms with Gasteiger partial charge in [0, 0.05) is 17.0 Å². The first-order valence-corrected chi connectivity index (χ1v) is 7.00. The molecule has 4 heteroatoms. The summed E-state index contributed by atoms with van der Waals surface area (Å²) in [6.07, 6.45) is 1.79. The molecule has 0 bridgehead atoms. The van der Waals surface area contributed by atoms with Gasteiger partial charge in [-0.15, -0.1) is 0 Å². The molecule has 0 radical (unpaired) electrons. The molecule has 3 aromatic rings. The van der Waals surface area contributed by atoms with Crippen LogP contribution in [-0.2, 0) is 4.74 Å². The van der Waals surface area contributed by atoms with Crippen molar-refractivity contribution in [3.8, 4) is 0 Å². The summed E-state index contributed by atoms with van der Waals surface area (Å²) < 4.78 is 5.68. The molecule has 4 nitrogen and oxygen atoms in total. The van der Waals surface area contributed by atoms with Crippen LogP contribution in [0, 0.1) is 0 Å². The van der Waals surface area contributed by atoms with E-state index in [0.717, 1.165) is 27.5 Å². The maximum Gasteiger partial charge on any atom is 0.236 e. The number of rotatable bonds is 1. The topological polar surface area (TPSA) is 47.4 Å². The summed E-state index contributed by atoms with van der Waals surface area (Å²) in [6, 6.07) is 12.1. The number of hydrogen-bond acceptors (Lipinski definition) is 4. The fourth-order valence-electron chi connectivity index (χ4n) is 2.56. The minimum absolute atomic E-state index is 0.178. The predicted octanol–water partition coefficient (Wildman–Crippen LogP) is 3.34. The van der Waals surface area contributed by atoms with Crippen molar-refractivity contribution in [2.45, 2.75) is 19.4 Å². The van der Waals surface area contributed by atoms with Gasteiger partial charge >= 0.3 is 0 Å². The Kier molecular flexibility index (Phi) is 2.48. The first-order valence-electron chi connectivity index (χ1n) is 7.00. The van der Waals surface area contributed by atoms with Gasteiger partial charge in [-0.2, -0.15) is 0 Å². The maximum atomic E-state index is 5.68. The van der Waals surface area contributed by atoms with Crippen molar-refractivity contribution in [1.29, 1.82) is 0 Å². The quantitative estimate of drug-likeness (QED) is 0.641. The average molecular weight is 277 g/mol. The zero-order valence-electron chi connectivity index (χ0n) is 12.0. The second-order valence-electron chi connectivity index (χ2n) is 5.93. The van der Waals surface area contributed by atoms with Crippen LogP contribution in [0.4, 0.5) is 0 Å². The molecule has 0 aliphatic carbocycles. The first kappa shape index (κ1) is 12.3. The highest BCUT2D eigenvalue weighted by Crippen LogP contribution is 2.24. The zero-order chi connectivity index (χ0) is 14.4. The van der Waals surface area contributed by atoms with Crippen molar-refractivity contribution < 1.29 is 4.74 Å².